The van der Waals surface area contributed by atoms with Crippen LogP contribution in [0.4, 0.5) is 5.82 Å². The quantitative estimate of drug-likeness (QED) is 0.413. The molecule has 0 N–H and O–H groups in total. The molecule has 1 aliphatic rings. The Balaban J connectivity index is 1.43. The number of benzene rings is 1. The lowest BCUT2D eigenvalue weighted by Crippen LogP contribution is -2.49. The van der Waals surface area contributed by atoms with Crippen molar-refractivity contribution in [3.8, 4) is 0 Å². The predicted octanol–water partition coefficient (Wildman–Crippen LogP) is 3.69. The van der Waals surface area contributed by atoms with Crippen molar-refractivity contribution in [1.29, 1.82) is 0 Å². The standard InChI is InChI=1S/C23H21Cl2N7O/c1-15-18(11-16-5-3-2-4-6-16)21(32-23(29-15)27-14-28-32)30-7-9-31(10-8-30)22(33)19-12-17(24)13-26-20(19)25/h2-6,12-14H,7-11H2,1H3. The first kappa shape index (κ1) is 21.6. The lowest BCUT2D eigenvalue weighted by atomic mass is 10.0. The first-order valence-corrected chi connectivity index (χ1v) is 11.4. The number of pyridine rings is 1. The number of aromatic nitrogens is 5. The van der Waals surface area contributed by atoms with Crippen molar-refractivity contribution in [2.24, 2.45) is 0 Å². The maximum Gasteiger partial charge on any atom is 0.257 e. The Labute approximate surface area is 200 Å². The van der Waals surface area contributed by atoms with E-state index in [2.05, 4.69) is 37.1 Å². The number of halogens is 2. The number of hydrogen-bond donors (Lipinski definition) is 0. The molecule has 1 fully saturated rings. The van der Waals surface area contributed by atoms with Gasteiger partial charge in [0.25, 0.3) is 11.7 Å². The summed E-state index contributed by atoms with van der Waals surface area (Å²) in [6.45, 7) is 4.34. The molecule has 5 rings (SSSR count). The lowest BCUT2D eigenvalue weighted by molar-refractivity contribution is 0.0746. The molecule has 0 radical (unpaired) electrons. The summed E-state index contributed by atoms with van der Waals surface area (Å²) in [7, 11) is 0. The zero-order valence-corrected chi connectivity index (χ0v) is 19.5. The summed E-state index contributed by atoms with van der Waals surface area (Å²) in [6, 6.07) is 11.9. The van der Waals surface area contributed by atoms with E-state index in [9.17, 15) is 4.79 Å². The Kier molecular flexibility index (Phi) is 5.86. The molecule has 0 atom stereocenters. The van der Waals surface area contributed by atoms with Gasteiger partial charge in [-0.05, 0) is 18.6 Å². The molecule has 3 aromatic heterocycles. The maximum atomic E-state index is 13.0. The van der Waals surface area contributed by atoms with Gasteiger partial charge in [-0.1, -0.05) is 53.5 Å². The molecule has 0 spiro atoms. The van der Waals surface area contributed by atoms with E-state index < -0.39 is 0 Å². The molecule has 0 saturated carbocycles. The summed E-state index contributed by atoms with van der Waals surface area (Å²) in [5.74, 6) is 1.36. The molecule has 1 aromatic carbocycles. The van der Waals surface area contributed by atoms with Crippen LogP contribution in [0.2, 0.25) is 10.2 Å². The van der Waals surface area contributed by atoms with Gasteiger partial charge in [0.15, 0.2) is 0 Å². The molecular formula is C23H21Cl2N7O. The van der Waals surface area contributed by atoms with Gasteiger partial charge in [-0.15, -0.1) is 0 Å². The highest BCUT2D eigenvalue weighted by Crippen LogP contribution is 2.28. The van der Waals surface area contributed by atoms with Crippen LogP contribution >= 0.6 is 23.2 Å². The molecule has 168 valence electrons. The number of carbonyl (C=O) groups is 1. The Morgan fingerprint density at radius 3 is 2.58 bits per heavy atom. The summed E-state index contributed by atoms with van der Waals surface area (Å²) in [5.41, 5.74) is 3.53. The number of carbonyl (C=O) groups excluding carboxylic acids is 1. The SMILES string of the molecule is Cc1nc2ncnn2c(N2CCN(C(=O)c3cc(Cl)cnc3Cl)CC2)c1Cc1ccccc1. The number of piperazine rings is 1. The topological polar surface area (TPSA) is 79.5 Å². The molecule has 33 heavy (non-hydrogen) atoms. The average Bonchev–Trinajstić information content (AvgIpc) is 3.29. The second-order valence-electron chi connectivity index (χ2n) is 7.90. The molecule has 10 heteroatoms. The summed E-state index contributed by atoms with van der Waals surface area (Å²) in [4.78, 5) is 30.0. The van der Waals surface area contributed by atoms with Crippen molar-refractivity contribution in [3.05, 3.63) is 81.5 Å². The number of amides is 1. The molecule has 0 aliphatic carbocycles. The van der Waals surface area contributed by atoms with E-state index in [1.807, 2.05) is 25.1 Å². The van der Waals surface area contributed by atoms with Crippen LogP contribution in [0.1, 0.15) is 27.2 Å². The number of aryl methyl sites for hydroxylation is 1. The highest BCUT2D eigenvalue weighted by atomic mass is 35.5. The van der Waals surface area contributed by atoms with Crippen molar-refractivity contribution >= 4 is 40.7 Å². The van der Waals surface area contributed by atoms with Gasteiger partial charge in [-0.25, -0.2) is 9.97 Å². The first-order valence-electron chi connectivity index (χ1n) is 10.6. The molecule has 0 unspecified atom stereocenters. The summed E-state index contributed by atoms with van der Waals surface area (Å²) >= 11 is 12.2. The normalized spacial score (nSPS) is 14.2. The fraction of sp³-hybridized carbons (Fsp3) is 0.261. The van der Waals surface area contributed by atoms with Crippen LogP contribution in [0.15, 0.2) is 48.9 Å². The molecular weight excluding hydrogens is 461 g/mol. The van der Waals surface area contributed by atoms with Gasteiger partial charge >= 0.3 is 0 Å². The monoisotopic (exact) mass is 481 g/mol. The minimum atomic E-state index is -0.170. The summed E-state index contributed by atoms with van der Waals surface area (Å²) in [6.07, 6.45) is 3.68. The van der Waals surface area contributed by atoms with Gasteiger partial charge in [0.1, 0.15) is 17.3 Å². The van der Waals surface area contributed by atoms with Crippen LogP contribution < -0.4 is 4.90 Å². The Morgan fingerprint density at radius 1 is 1.06 bits per heavy atom. The van der Waals surface area contributed by atoms with Crippen LogP contribution in [-0.2, 0) is 6.42 Å². The van der Waals surface area contributed by atoms with Crippen molar-refractivity contribution in [1.82, 2.24) is 29.5 Å². The van der Waals surface area contributed by atoms with E-state index in [1.54, 1.807) is 15.5 Å². The van der Waals surface area contributed by atoms with E-state index in [0.29, 0.717) is 42.5 Å². The molecule has 4 heterocycles. The highest BCUT2D eigenvalue weighted by Gasteiger charge is 2.28. The largest absolute Gasteiger partial charge is 0.353 e. The number of hydrogen-bond acceptors (Lipinski definition) is 6. The van der Waals surface area contributed by atoms with Gasteiger partial charge in [0.2, 0.25) is 0 Å². The lowest BCUT2D eigenvalue weighted by Gasteiger charge is -2.37. The van der Waals surface area contributed by atoms with Gasteiger partial charge in [-0.2, -0.15) is 14.6 Å². The van der Waals surface area contributed by atoms with Crippen molar-refractivity contribution in [2.75, 3.05) is 31.1 Å². The Morgan fingerprint density at radius 2 is 1.82 bits per heavy atom. The summed E-state index contributed by atoms with van der Waals surface area (Å²) < 4.78 is 1.79. The van der Waals surface area contributed by atoms with Gasteiger partial charge < -0.3 is 9.80 Å². The zero-order valence-electron chi connectivity index (χ0n) is 17.9. The van der Waals surface area contributed by atoms with Crippen LogP contribution in [0, 0.1) is 6.92 Å². The van der Waals surface area contributed by atoms with Crippen molar-refractivity contribution in [2.45, 2.75) is 13.3 Å². The molecule has 0 bridgehead atoms. The number of rotatable bonds is 4. The Bertz CT molecular complexity index is 1320. The van der Waals surface area contributed by atoms with E-state index in [-0.39, 0.29) is 11.1 Å². The number of anilines is 1. The van der Waals surface area contributed by atoms with Crippen LogP contribution in [0.25, 0.3) is 5.78 Å². The molecule has 4 aromatic rings. The fourth-order valence-electron chi connectivity index (χ4n) is 4.16. The fourth-order valence-corrected chi connectivity index (χ4v) is 4.51. The summed E-state index contributed by atoms with van der Waals surface area (Å²) in [5, 5.41) is 4.98. The van der Waals surface area contributed by atoms with Gasteiger partial charge in [0, 0.05) is 50.1 Å². The molecule has 1 aliphatic heterocycles. The third-order valence-electron chi connectivity index (χ3n) is 5.83. The van der Waals surface area contributed by atoms with E-state index in [4.69, 9.17) is 23.2 Å². The second kappa shape index (κ2) is 8.96. The number of fused-ring (bicyclic) bond motifs is 1. The minimum Gasteiger partial charge on any atom is -0.353 e. The Hall–Kier alpha value is -3.23. The van der Waals surface area contributed by atoms with Crippen LogP contribution in [0.5, 0.6) is 0 Å². The molecule has 1 amide bonds. The second-order valence-corrected chi connectivity index (χ2v) is 8.70. The smallest absolute Gasteiger partial charge is 0.257 e. The van der Waals surface area contributed by atoms with E-state index >= 15 is 0 Å². The third-order valence-corrected chi connectivity index (χ3v) is 6.34. The first-order chi connectivity index (χ1) is 16.0. The number of nitrogens with zero attached hydrogens (tertiary/aromatic N) is 7. The van der Waals surface area contributed by atoms with E-state index in [0.717, 1.165) is 23.5 Å². The average molecular weight is 482 g/mol. The van der Waals surface area contributed by atoms with E-state index in [1.165, 1.54) is 18.1 Å². The van der Waals surface area contributed by atoms with Crippen LogP contribution in [0.3, 0.4) is 0 Å². The van der Waals surface area contributed by atoms with Crippen molar-refractivity contribution in [3.63, 3.8) is 0 Å². The zero-order chi connectivity index (χ0) is 22.9. The highest BCUT2D eigenvalue weighted by molar-refractivity contribution is 6.34. The predicted molar refractivity (Wildman–Crippen MR) is 127 cm³/mol. The minimum absolute atomic E-state index is 0.158. The third kappa shape index (κ3) is 4.24. The molecule has 8 nitrogen and oxygen atoms in total. The maximum absolute atomic E-state index is 13.0. The van der Waals surface area contributed by atoms with Gasteiger partial charge in [-0.3, -0.25) is 4.79 Å². The van der Waals surface area contributed by atoms with Crippen molar-refractivity contribution < 1.29 is 4.79 Å². The molecule has 1 saturated heterocycles. The van der Waals surface area contributed by atoms with Gasteiger partial charge in [0.05, 0.1) is 10.6 Å². The van der Waals surface area contributed by atoms with Crippen LogP contribution in [-0.4, -0.2) is 61.6 Å².